The van der Waals surface area contributed by atoms with Gasteiger partial charge in [0.25, 0.3) is 0 Å². The van der Waals surface area contributed by atoms with Crippen molar-refractivity contribution in [1.82, 2.24) is 0 Å². The van der Waals surface area contributed by atoms with Crippen molar-refractivity contribution in [2.45, 2.75) is 33.3 Å². The number of aliphatic hydroxyl groups is 1. The van der Waals surface area contributed by atoms with E-state index in [2.05, 4.69) is 0 Å². The Labute approximate surface area is 71.8 Å². The zero-order valence-corrected chi connectivity index (χ0v) is 7.63. The maximum atomic E-state index is 11.5. The summed E-state index contributed by atoms with van der Waals surface area (Å²) in [7, 11) is 0. The van der Waals surface area contributed by atoms with Gasteiger partial charge in [-0.1, -0.05) is 13.8 Å². The van der Waals surface area contributed by atoms with Crippen LogP contribution in [0.2, 0.25) is 0 Å². The van der Waals surface area contributed by atoms with Gasteiger partial charge in [0.15, 0.2) is 5.78 Å². The summed E-state index contributed by atoms with van der Waals surface area (Å²) in [5, 5.41) is 9.30. The lowest BCUT2D eigenvalue weighted by atomic mass is 9.70. The highest BCUT2D eigenvalue weighted by Gasteiger charge is 2.44. The monoisotopic (exact) mass is 170 g/mol. The molecule has 0 bridgehead atoms. The fraction of sp³-hybridized carbons (Fsp3) is 0.778. The van der Waals surface area contributed by atoms with Gasteiger partial charge in [-0.15, -0.1) is 0 Å². The lowest BCUT2D eigenvalue weighted by molar-refractivity contribution is -0.149. The first-order valence-electron chi connectivity index (χ1n) is 4.12. The van der Waals surface area contributed by atoms with Gasteiger partial charge in [0.1, 0.15) is 11.9 Å². The van der Waals surface area contributed by atoms with Crippen LogP contribution < -0.4 is 0 Å². The van der Waals surface area contributed by atoms with Gasteiger partial charge in [0, 0.05) is 5.41 Å². The van der Waals surface area contributed by atoms with Gasteiger partial charge in [0.05, 0.1) is 5.92 Å². The maximum Gasteiger partial charge on any atom is 0.171 e. The molecule has 1 saturated carbocycles. The van der Waals surface area contributed by atoms with Crippen LogP contribution in [-0.4, -0.2) is 22.8 Å². The smallest absolute Gasteiger partial charge is 0.171 e. The molecule has 2 atom stereocenters. The third-order valence-corrected chi connectivity index (χ3v) is 2.52. The molecule has 1 N–H and O–H groups in total. The van der Waals surface area contributed by atoms with Crippen LogP contribution in [0.4, 0.5) is 0 Å². The van der Waals surface area contributed by atoms with Crippen LogP contribution in [0.15, 0.2) is 0 Å². The molecule has 3 heteroatoms. The number of carbonyl (C=O) groups is 2. The van der Waals surface area contributed by atoms with Crippen molar-refractivity contribution in [3.8, 4) is 0 Å². The predicted molar refractivity (Wildman–Crippen MR) is 43.6 cm³/mol. The van der Waals surface area contributed by atoms with Crippen molar-refractivity contribution in [2.75, 3.05) is 0 Å². The van der Waals surface area contributed by atoms with Crippen LogP contribution in [0, 0.1) is 11.3 Å². The van der Waals surface area contributed by atoms with E-state index in [0.29, 0.717) is 0 Å². The molecule has 0 aliphatic heterocycles. The lowest BCUT2D eigenvalue weighted by Crippen LogP contribution is -2.47. The Balaban J connectivity index is 2.93. The number of aliphatic hydroxyl groups excluding tert-OH is 1. The van der Waals surface area contributed by atoms with Crippen LogP contribution in [0.3, 0.4) is 0 Å². The highest BCUT2D eigenvalue weighted by atomic mass is 16.3. The molecule has 0 aromatic heterocycles. The van der Waals surface area contributed by atoms with Crippen LogP contribution >= 0.6 is 0 Å². The summed E-state index contributed by atoms with van der Waals surface area (Å²) in [4.78, 5) is 22.6. The molecule has 0 aromatic rings. The van der Waals surface area contributed by atoms with Crippen molar-refractivity contribution >= 4 is 11.6 Å². The summed E-state index contributed by atoms with van der Waals surface area (Å²) in [6.45, 7) is 5.10. The van der Waals surface area contributed by atoms with Gasteiger partial charge < -0.3 is 5.11 Å². The maximum absolute atomic E-state index is 11.5. The molecule has 12 heavy (non-hydrogen) atoms. The highest BCUT2D eigenvalue weighted by Crippen LogP contribution is 2.33. The number of carbonyl (C=O) groups excluding carboxylic acids is 2. The average molecular weight is 170 g/mol. The minimum Gasteiger partial charge on any atom is -0.385 e. The summed E-state index contributed by atoms with van der Waals surface area (Å²) in [6.07, 6.45) is -0.692. The summed E-state index contributed by atoms with van der Waals surface area (Å²) in [5.74, 6) is -1.03. The minimum absolute atomic E-state index is 0.0576. The second-order valence-corrected chi connectivity index (χ2v) is 4.09. The number of hydrogen-bond acceptors (Lipinski definition) is 3. The van der Waals surface area contributed by atoms with Gasteiger partial charge in [-0.05, 0) is 13.3 Å². The summed E-state index contributed by atoms with van der Waals surface area (Å²) in [5.41, 5.74) is -0.549. The van der Waals surface area contributed by atoms with Gasteiger partial charge in [-0.25, -0.2) is 0 Å². The molecule has 0 radical (unpaired) electrons. The van der Waals surface area contributed by atoms with E-state index in [9.17, 15) is 14.7 Å². The van der Waals surface area contributed by atoms with Gasteiger partial charge in [-0.3, -0.25) is 9.59 Å². The molecule has 68 valence electrons. The molecule has 1 fully saturated rings. The first-order valence-corrected chi connectivity index (χ1v) is 4.12. The Bertz CT molecular complexity index is 230. The lowest BCUT2D eigenvalue weighted by Gasteiger charge is -2.33. The molecule has 0 heterocycles. The Kier molecular flexibility index (Phi) is 2.08. The molecule has 3 nitrogen and oxygen atoms in total. The molecule has 0 saturated heterocycles. The SMILES string of the molecule is CC1C(=O)[C@H](O)CC(C)(C)C1=O. The second kappa shape index (κ2) is 2.66. The van der Waals surface area contributed by atoms with Crippen LogP contribution in [-0.2, 0) is 9.59 Å². The largest absolute Gasteiger partial charge is 0.385 e. The van der Waals surface area contributed by atoms with Crippen LogP contribution in [0.25, 0.3) is 0 Å². The van der Waals surface area contributed by atoms with E-state index >= 15 is 0 Å². The van der Waals surface area contributed by atoms with Crippen molar-refractivity contribution in [2.24, 2.45) is 11.3 Å². The molecule has 0 spiro atoms. The van der Waals surface area contributed by atoms with E-state index in [4.69, 9.17) is 0 Å². The number of rotatable bonds is 0. The van der Waals surface area contributed by atoms with Crippen molar-refractivity contribution in [3.05, 3.63) is 0 Å². The Morgan fingerprint density at radius 2 is 1.92 bits per heavy atom. The first kappa shape index (κ1) is 9.39. The second-order valence-electron chi connectivity index (χ2n) is 4.09. The van der Waals surface area contributed by atoms with Gasteiger partial charge in [0.2, 0.25) is 0 Å². The molecule has 0 aromatic carbocycles. The number of ketones is 2. The topological polar surface area (TPSA) is 54.4 Å². The van der Waals surface area contributed by atoms with E-state index in [1.54, 1.807) is 20.8 Å². The quantitative estimate of drug-likeness (QED) is 0.540. The van der Waals surface area contributed by atoms with E-state index < -0.39 is 17.4 Å². The molecule has 1 rings (SSSR count). The first-order chi connectivity index (χ1) is 5.36. The number of hydrogen-bond donors (Lipinski definition) is 1. The highest BCUT2D eigenvalue weighted by molar-refractivity contribution is 6.08. The van der Waals surface area contributed by atoms with E-state index in [1.165, 1.54) is 0 Å². The van der Waals surface area contributed by atoms with E-state index in [-0.39, 0.29) is 18.0 Å². The standard InChI is InChI=1S/C9H14O3/c1-5-7(11)6(10)4-9(2,3)8(5)12/h5-6,10H,4H2,1-3H3/t5?,6-/m1/s1. The molecular formula is C9H14O3. The minimum atomic E-state index is -0.951. The van der Waals surface area contributed by atoms with Gasteiger partial charge >= 0.3 is 0 Å². The van der Waals surface area contributed by atoms with Crippen LogP contribution in [0.1, 0.15) is 27.2 Å². The molecular weight excluding hydrogens is 156 g/mol. The Hall–Kier alpha value is -0.700. The third kappa shape index (κ3) is 1.29. The zero-order chi connectivity index (χ0) is 9.52. The fourth-order valence-electron chi connectivity index (χ4n) is 1.69. The van der Waals surface area contributed by atoms with Crippen molar-refractivity contribution in [3.63, 3.8) is 0 Å². The fourth-order valence-corrected chi connectivity index (χ4v) is 1.69. The van der Waals surface area contributed by atoms with Crippen molar-refractivity contribution in [1.29, 1.82) is 0 Å². The zero-order valence-electron chi connectivity index (χ0n) is 7.63. The van der Waals surface area contributed by atoms with Crippen molar-refractivity contribution < 1.29 is 14.7 Å². The summed E-state index contributed by atoms with van der Waals surface area (Å²) < 4.78 is 0. The van der Waals surface area contributed by atoms with Gasteiger partial charge in [-0.2, -0.15) is 0 Å². The van der Waals surface area contributed by atoms with Crippen LogP contribution in [0.5, 0.6) is 0 Å². The summed E-state index contributed by atoms with van der Waals surface area (Å²) >= 11 is 0. The third-order valence-electron chi connectivity index (χ3n) is 2.52. The Morgan fingerprint density at radius 3 is 2.42 bits per heavy atom. The van der Waals surface area contributed by atoms with E-state index in [1.807, 2.05) is 0 Å². The Morgan fingerprint density at radius 1 is 1.42 bits per heavy atom. The number of Topliss-reactive ketones (excluding diaryl/α,β-unsaturated/α-hetero) is 2. The molecule has 1 aliphatic carbocycles. The summed E-state index contributed by atoms with van der Waals surface area (Å²) in [6, 6.07) is 0. The molecule has 0 amide bonds. The normalized spacial score (nSPS) is 35.3. The average Bonchev–Trinajstić information content (AvgIpc) is 1.97. The molecule has 1 unspecified atom stereocenters. The molecule has 1 aliphatic rings. The van der Waals surface area contributed by atoms with E-state index in [0.717, 1.165) is 0 Å². The predicted octanol–water partition coefficient (Wildman–Crippen LogP) is 0.551.